The molecule has 0 aliphatic rings. The number of amides is 1. The molecule has 3 nitrogen and oxygen atoms in total. The van der Waals surface area contributed by atoms with Crippen LogP contribution in [0, 0.1) is 5.92 Å². The number of nitrogens with one attached hydrogen (secondary N) is 1. The monoisotopic (exact) mass is 179 g/mol. The Balaban J connectivity index is 2.69. The van der Waals surface area contributed by atoms with Crippen molar-refractivity contribution in [2.24, 2.45) is 5.92 Å². The van der Waals surface area contributed by atoms with Gasteiger partial charge < -0.3 is 10.4 Å². The lowest BCUT2D eigenvalue weighted by atomic mass is 10.2. The number of benzene rings is 1. The molecule has 0 atom stereocenters. The number of phenols is 1. The number of phenolic OH excluding ortho intramolecular Hbond substituents is 1. The van der Waals surface area contributed by atoms with Gasteiger partial charge in [0.25, 0.3) is 0 Å². The number of anilines is 1. The molecular weight excluding hydrogens is 166 g/mol. The predicted molar refractivity (Wildman–Crippen MR) is 51.6 cm³/mol. The normalized spacial score (nSPS) is 10.1. The van der Waals surface area contributed by atoms with Crippen LogP contribution in [0.1, 0.15) is 13.8 Å². The number of hydrogen-bond donors (Lipinski definition) is 2. The molecule has 1 aromatic rings. The minimum atomic E-state index is -0.0534. The molecule has 0 spiro atoms. The molecule has 0 bridgehead atoms. The Kier molecular flexibility index (Phi) is 2.90. The van der Waals surface area contributed by atoms with Crippen LogP contribution in [0.5, 0.6) is 5.75 Å². The van der Waals surface area contributed by atoms with E-state index >= 15 is 0 Å². The molecule has 0 heterocycles. The Morgan fingerprint density at radius 3 is 2.69 bits per heavy atom. The molecule has 0 fully saturated rings. The van der Waals surface area contributed by atoms with E-state index in [1.54, 1.807) is 18.2 Å². The van der Waals surface area contributed by atoms with Crippen LogP contribution in [0.2, 0.25) is 0 Å². The molecule has 1 aromatic carbocycles. The van der Waals surface area contributed by atoms with E-state index in [1.807, 2.05) is 13.8 Å². The van der Waals surface area contributed by atoms with Crippen LogP contribution in [-0.2, 0) is 4.79 Å². The molecule has 0 radical (unpaired) electrons. The highest BCUT2D eigenvalue weighted by molar-refractivity contribution is 5.92. The van der Waals surface area contributed by atoms with E-state index in [0.717, 1.165) is 0 Å². The molecule has 1 amide bonds. The average Bonchev–Trinajstić information content (AvgIpc) is 2.04. The predicted octanol–water partition coefficient (Wildman–Crippen LogP) is 1.99. The Bertz CT molecular complexity index is 308. The molecule has 0 saturated heterocycles. The third-order valence-electron chi connectivity index (χ3n) is 1.64. The summed E-state index contributed by atoms with van der Waals surface area (Å²) in [6.07, 6.45) is 0. The lowest BCUT2D eigenvalue weighted by Gasteiger charge is -2.07. The van der Waals surface area contributed by atoms with Gasteiger partial charge in [-0.05, 0) is 12.1 Å². The fourth-order valence-corrected chi connectivity index (χ4v) is 0.870. The van der Waals surface area contributed by atoms with Crippen molar-refractivity contribution in [1.82, 2.24) is 0 Å². The molecule has 0 aromatic heterocycles. The topological polar surface area (TPSA) is 49.3 Å². The quantitative estimate of drug-likeness (QED) is 0.729. The van der Waals surface area contributed by atoms with Crippen molar-refractivity contribution in [3.05, 3.63) is 24.3 Å². The molecule has 0 aliphatic carbocycles. The summed E-state index contributed by atoms with van der Waals surface area (Å²) in [6, 6.07) is 6.50. The Morgan fingerprint density at radius 2 is 2.15 bits per heavy atom. The Labute approximate surface area is 77.4 Å². The minimum Gasteiger partial charge on any atom is -0.508 e. The molecule has 13 heavy (non-hydrogen) atoms. The maximum atomic E-state index is 11.2. The van der Waals surface area contributed by atoms with Crippen LogP contribution in [0.4, 0.5) is 5.69 Å². The SMILES string of the molecule is CC(C)C(=O)Nc1cccc(O)c1. The van der Waals surface area contributed by atoms with Crippen molar-refractivity contribution in [3.63, 3.8) is 0 Å². The zero-order valence-electron chi connectivity index (χ0n) is 7.74. The Morgan fingerprint density at radius 1 is 1.46 bits per heavy atom. The summed E-state index contributed by atoms with van der Waals surface area (Å²) in [5.74, 6) is 0.0505. The van der Waals surface area contributed by atoms with Gasteiger partial charge >= 0.3 is 0 Å². The standard InChI is InChI=1S/C10H13NO2/c1-7(2)10(13)11-8-4-3-5-9(12)6-8/h3-7,12H,1-2H3,(H,11,13). The summed E-state index contributed by atoms with van der Waals surface area (Å²) in [5, 5.41) is 11.8. The molecule has 0 aliphatic heterocycles. The lowest BCUT2D eigenvalue weighted by Crippen LogP contribution is -2.17. The number of carbonyl (C=O) groups is 1. The smallest absolute Gasteiger partial charge is 0.226 e. The highest BCUT2D eigenvalue weighted by Gasteiger charge is 2.06. The third kappa shape index (κ3) is 2.78. The van der Waals surface area contributed by atoms with Crippen molar-refractivity contribution in [2.75, 3.05) is 5.32 Å². The van der Waals surface area contributed by atoms with Gasteiger partial charge in [0.05, 0.1) is 0 Å². The van der Waals surface area contributed by atoms with Crippen LogP contribution in [-0.4, -0.2) is 11.0 Å². The van der Waals surface area contributed by atoms with E-state index in [2.05, 4.69) is 5.32 Å². The maximum absolute atomic E-state index is 11.2. The molecule has 1 rings (SSSR count). The van der Waals surface area contributed by atoms with Gasteiger partial charge in [-0.2, -0.15) is 0 Å². The van der Waals surface area contributed by atoms with Gasteiger partial charge in [0.15, 0.2) is 0 Å². The molecule has 3 heteroatoms. The van der Waals surface area contributed by atoms with E-state index in [9.17, 15) is 4.79 Å². The van der Waals surface area contributed by atoms with Crippen molar-refractivity contribution in [3.8, 4) is 5.75 Å². The summed E-state index contributed by atoms with van der Waals surface area (Å²) >= 11 is 0. The Hall–Kier alpha value is -1.51. The van der Waals surface area contributed by atoms with E-state index < -0.39 is 0 Å². The second-order valence-corrected chi connectivity index (χ2v) is 3.19. The second kappa shape index (κ2) is 3.94. The first-order valence-electron chi connectivity index (χ1n) is 4.19. The zero-order chi connectivity index (χ0) is 9.84. The van der Waals surface area contributed by atoms with Crippen molar-refractivity contribution in [2.45, 2.75) is 13.8 Å². The highest BCUT2D eigenvalue weighted by atomic mass is 16.3. The highest BCUT2D eigenvalue weighted by Crippen LogP contribution is 2.15. The van der Waals surface area contributed by atoms with E-state index in [-0.39, 0.29) is 17.6 Å². The van der Waals surface area contributed by atoms with Crippen LogP contribution < -0.4 is 5.32 Å². The van der Waals surface area contributed by atoms with Gasteiger partial charge in [-0.1, -0.05) is 19.9 Å². The van der Waals surface area contributed by atoms with Gasteiger partial charge in [0.1, 0.15) is 5.75 Å². The largest absolute Gasteiger partial charge is 0.508 e. The van der Waals surface area contributed by atoms with Gasteiger partial charge in [0.2, 0.25) is 5.91 Å². The average molecular weight is 179 g/mol. The fraction of sp³-hybridized carbons (Fsp3) is 0.300. The summed E-state index contributed by atoms with van der Waals surface area (Å²) < 4.78 is 0. The number of carbonyl (C=O) groups excluding carboxylic acids is 1. The van der Waals surface area contributed by atoms with Crippen molar-refractivity contribution >= 4 is 11.6 Å². The number of hydrogen-bond acceptors (Lipinski definition) is 2. The molecule has 0 unspecified atom stereocenters. The van der Waals surface area contributed by atoms with Crippen molar-refractivity contribution < 1.29 is 9.90 Å². The molecule has 2 N–H and O–H groups in total. The van der Waals surface area contributed by atoms with Gasteiger partial charge in [-0.15, -0.1) is 0 Å². The zero-order valence-corrected chi connectivity index (χ0v) is 7.74. The number of rotatable bonds is 2. The van der Waals surface area contributed by atoms with Crippen LogP contribution in [0.3, 0.4) is 0 Å². The van der Waals surface area contributed by atoms with Crippen LogP contribution in [0.15, 0.2) is 24.3 Å². The lowest BCUT2D eigenvalue weighted by molar-refractivity contribution is -0.118. The molecule has 70 valence electrons. The van der Waals surface area contributed by atoms with E-state index in [1.165, 1.54) is 6.07 Å². The molecular formula is C10H13NO2. The minimum absolute atomic E-state index is 0.0504. The van der Waals surface area contributed by atoms with Crippen LogP contribution >= 0.6 is 0 Å². The van der Waals surface area contributed by atoms with E-state index in [0.29, 0.717) is 5.69 Å². The van der Waals surface area contributed by atoms with Gasteiger partial charge in [-0.3, -0.25) is 4.79 Å². The van der Waals surface area contributed by atoms with Crippen LogP contribution in [0.25, 0.3) is 0 Å². The summed E-state index contributed by atoms with van der Waals surface area (Å²) in [5.41, 5.74) is 0.624. The first-order chi connectivity index (χ1) is 6.09. The first-order valence-corrected chi connectivity index (χ1v) is 4.19. The second-order valence-electron chi connectivity index (χ2n) is 3.19. The van der Waals surface area contributed by atoms with Gasteiger partial charge in [0, 0.05) is 17.7 Å². The number of aromatic hydroxyl groups is 1. The first kappa shape index (κ1) is 9.58. The third-order valence-corrected chi connectivity index (χ3v) is 1.64. The molecule has 0 saturated carbocycles. The van der Waals surface area contributed by atoms with E-state index in [4.69, 9.17) is 5.11 Å². The summed E-state index contributed by atoms with van der Waals surface area (Å²) in [4.78, 5) is 11.2. The maximum Gasteiger partial charge on any atom is 0.226 e. The van der Waals surface area contributed by atoms with Crippen molar-refractivity contribution in [1.29, 1.82) is 0 Å². The summed E-state index contributed by atoms with van der Waals surface area (Å²) in [6.45, 7) is 3.64. The fourth-order valence-electron chi connectivity index (χ4n) is 0.870. The van der Waals surface area contributed by atoms with Gasteiger partial charge in [-0.25, -0.2) is 0 Å². The summed E-state index contributed by atoms with van der Waals surface area (Å²) in [7, 11) is 0.